The van der Waals surface area contributed by atoms with Crippen LogP contribution in [0.15, 0.2) is 122 Å². The van der Waals surface area contributed by atoms with Crippen molar-refractivity contribution >= 4 is 22.3 Å². The fourth-order valence-corrected chi connectivity index (χ4v) is 4.07. The van der Waals surface area contributed by atoms with E-state index in [9.17, 15) is 5.26 Å². The van der Waals surface area contributed by atoms with E-state index in [1.807, 2.05) is 84.9 Å². The lowest BCUT2D eigenvalue weighted by Gasteiger charge is -2.19. The molecule has 0 unspecified atom stereocenters. The largest absolute Gasteiger partial charge is 0.486 e. The van der Waals surface area contributed by atoms with Crippen LogP contribution in [-0.4, -0.2) is 9.97 Å². The van der Waals surface area contributed by atoms with E-state index in [0.29, 0.717) is 36.0 Å². The molecule has 0 fully saturated rings. The summed E-state index contributed by atoms with van der Waals surface area (Å²) in [4.78, 5) is 8.23. The van der Waals surface area contributed by atoms with Crippen LogP contribution in [0.25, 0.3) is 22.3 Å². The zero-order valence-corrected chi connectivity index (χ0v) is 20.3. The lowest BCUT2D eigenvalue weighted by Crippen LogP contribution is -2.17. The molecule has 180 valence electrons. The minimum absolute atomic E-state index is 0.372. The SMILES string of the molecule is C=C(/C(OCc1ccccc1)=C(\NCc1ccccc1)c1nc2ccc(C#N)cc2[nH]1)c1ccccc1. The van der Waals surface area contributed by atoms with Gasteiger partial charge in [0.15, 0.2) is 11.6 Å². The first kappa shape index (κ1) is 23.7. The van der Waals surface area contributed by atoms with E-state index in [1.54, 1.807) is 12.1 Å². The Morgan fingerprint density at radius 1 is 0.865 bits per heavy atom. The average Bonchev–Trinajstić information content (AvgIpc) is 3.39. The quantitative estimate of drug-likeness (QED) is 0.179. The van der Waals surface area contributed by atoms with Gasteiger partial charge in [-0.2, -0.15) is 5.26 Å². The van der Waals surface area contributed by atoms with Crippen molar-refractivity contribution in [3.8, 4) is 6.07 Å². The van der Waals surface area contributed by atoms with Gasteiger partial charge in [0, 0.05) is 12.1 Å². The van der Waals surface area contributed by atoms with Crippen molar-refractivity contribution in [2.45, 2.75) is 13.2 Å². The number of ether oxygens (including phenoxy) is 1. The lowest BCUT2D eigenvalue weighted by molar-refractivity contribution is 0.215. The molecule has 5 nitrogen and oxygen atoms in total. The van der Waals surface area contributed by atoms with Crippen LogP contribution in [-0.2, 0) is 17.9 Å². The summed E-state index contributed by atoms with van der Waals surface area (Å²) in [5, 5.41) is 12.9. The topological polar surface area (TPSA) is 73.7 Å². The highest BCUT2D eigenvalue weighted by Crippen LogP contribution is 2.30. The molecule has 2 N–H and O–H groups in total. The number of H-pyrrole nitrogens is 1. The molecule has 0 amide bonds. The molecule has 4 aromatic carbocycles. The number of benzene rings is 4. The molecule has 5 aromatic rings. The molecule has 0 saturated carbocycles. The van der Waals surface area contributed by atoms with Crippen LogP contribution in [0.1, 0.15) is 28.1 Å². The highest BCUT2D eigenvalue weighted by molar-refractivity contribution is 5.87. The molecule has 0 radical (unpaired) electrons. The summed E-state index contributed by atoms with van der Waals surface area (Å²) in [7, 11) is 0. The Balaban J connectivity index is 1.62. The van der Waals surface area contributed by atoms with Crippen LogP contribution in [0.3, 0.4) is 0 Å². The Morgan fingerprint density at radius 3 is 2.19 bits per heavy atom. The van der Waals surface area contributed by atoms with E-state index in [0.717, 1.165) is 33.3 Å². The van der Waals surface area contributed by atoms with E-state index >= 15 is 0 Å². The number of aromatic nitrogens is 2. The van der Waals surface area contributed by atoms with Crippen molar-refractivity contribution in [3.05, 3.63) is 150 Å². The maximum Gasteiger partial charge on any atom is 0.158 e. The van der Waals surface area contributed by atoms with Gasteiger partial charge in [0.25, 0.3) is 0 Å². The van der Waals surface area contributed by atoms with Gasteiger partial charge in [0.1, 0.15) is 12.3 Å². The van der Waals surface area contributed by atoms with Crippen molar-refractivity contribution < 1.29 is 4.74 Å². The van der Waals surface area contributed by atoms with Crippen LogP contribution in [0.2, 0.25) is 0 Å². The first-order chi connectivity index (χ1) is 18.2. The number of rotatable bonds is 9. The Bertz CT molecular complexity index is 1580. The van der Waals surface area contributed by atoms with Gasteiger partial charge < -0.3 is 15.0 Å². The third-order valence-electron chi connectivity index (χ3n) is 6.01. The standard InChI is InChI=1S/C32H26N4O/c1-23(27-15-9-4-10-16-27)31(37-22-25-13-7-3-8-14-25)30(34-21-24-11-5-2-6-12-24)32-35-28-18-17-26(20-33)19-29(28)36-32/h2-19,34H,1,21-22H2,(H,35,36)/b31-30+. The smallest absolute Gasteiger partial charge is 0.158 e. The van der Waals surface area contributed by atoms with Gasteiger partial charge in [-0.1, -0.05) is 97.6 Å². The minimum atomic E-state index is 0.372. The third kappa shape index (κ3) is 5.61. The Morgan fingerprint density at radius 2 is 1.51 bits per heavy atom. The average molecular weight is 483 g/mol. The van der Waals surface area contributed by atoms with Crippen LogP contribution in [0, 0.1) is 11.3 Å². The molecule has 37 heavy (non-hydrogen) atoms. The molecule has 5 rings (SSSR count). The molecular formula is C32H26N4O. The summed E-state index contributed by atoms with van der Waals surface area (Å²) in [6.07, 6.45) is 0. The third-order valence-corrected chi connectivity index (χ3v) is 6.01. The van der Waals surface area contributed by atoms with E-state index in [2.05, 4.69) is 35.1 Å². The normalized spacial score (nSPS) is 11.4. The summed E-state index contributed by atoms with van der Waals surface area (Å²) in [6.45, 7) is 5.35. The number of nitrogens with zero attached hydrogens (tertiary/aromatic N) is 2. The van der Waals surface area contributed by atoms with Crippen molar-refractivity contribution in [2.24, 2.45) is 0 Å². The molecule has 0 bridgehead atoms. The molecule has 0 atom stereocenters. The second kappa shape index (κ2) is 11.1. The predicted molar refractivity (Wildman–Crippen MR) is 148 cm³/mol. The van der Waals surface area contributed by atoms with Gasteiger partial charge in [0.2, 0.25) is 0 Å². The Kier molecular flexibility index (Phi) is 7.10. The number of nitrogens with one attached hydrogen (secondary N) is 2. The zero-order chi connectivity index (χ0) is 25.5. The summed E-state index contributed by atoms with van der Waals surface area (Å²) < 4.78 is 6.50. The van der Waals surface area contributed by atoms with Crippen molar-refractivity contribution in [1.29, 1.82) is 5.26 Å². The van der Waals surface area contributed by atoms with E-state index < -0.39 is 0 Å². The Labute approximate surface area is 216 Å². The molecule has 1 aromatic heterocycles. The second-order valence-electron chi connectivity index (χ2n) is 8.59. The maximum absolute atomic E-state index is 9.35. The van der Waals surface area contributed by atoms with Gasteiger partial charge in [-0.05, 0) is 34.9 Å². The first-order valence-corrected chi connectivity index (χ1v) is 12.0. The minimum Gasteiger partial charge on any atom is -0.486 e. The number of imidazole rings is 1. The van der Waals surface area contributed by atoms with Crippen LogP contribution in [0.4, 0.5) is 0 Å². The molecule has 1 heterocycles. The van der Waals surface area contributed by atoms with Crippen LogP contribution >= 0.6 is 0 Å². The van der Waals surface area contributed by atoms with Crippen LogP contribution < -0.4 is 5.32 Å². The van der Waals surface area contributed by atoms with Gasteiger partial charge >= 0.3 is 0 Å². The zero-order valence-electron chi connectivity index (χ0n) is 20.3. The number of fused-ring (bicyclic) bond motifs is 1. The molecule has 0 aliphatic carbocycles. The van der Waals surface area contributed by atoms with Crippen LogP contribution in [0.5, 0.6) is 0 Å². The van der Waals surface area contributed by atoms with Gasteiger partial charge in [-0.25, -0.2) is 4.98 Å². The van der Waals surface area contributed by atoms with Crippen molar-refractivity contribution in [2.75, 3.05) is 0 Å². The van der Waals surface area contributed by atoms with Gasteiger partial charge in [-0.15, -0.1) is 0 Å². The second-order valence-corrected chi connectivity index (χ2v) is 8.59. The molecular weight excluding hydrogens is 456 g/mol. The molecule has 0 aliphatic heterocycles. The summed E-state index contributed by atoms with van der Waals surface area (Å²) in [5.74, 6) is 1.21. The first-order valence-electron chi connectivity index (χ1n) is 12.0. The fourth-order valence-electron chi connectivity index (χ4n) is 4.07. The molecule has 0 spiro atoms. The predicted octanol–water partition coefficient (Wildman–Crippen LogP) is 6.82. The fraction of sp³-hybridized carbons (Fsp3) is 0.0625. The summed E-state index contributed by atoms with van der Waals surface area (Å²) in [6, 6.07) is 37.8. The highest BCUT2D eigenvalue weighted by atomic mass is 16.5. The van der Waals surface area contributed by atoms with E-state index in [1.165, 1.54) is 0 Å². The van der Waals surface area contributed by atoms with E-state index in [-0.39, 0.29) is 0 Å². The molecule has 5 heteroatoms. The van der Waals surface area contributed by atoms with E-state index in [4.69, 9.17) is 9.72 Å². The van der Waals surface area contributed by atoms with Gasteiger partial charge in [0.05, 0.1) is 22.7 Å². The number of nitriles is 1. The Hall–Kier alpha value is -5.08. The number of hydrogen-bond acceptors (Lipinski definition) is 4. The molecule has 0 saturated heterocycles. The monoisotopic (exact) mass is 482 g/mol. The summed E-state index contributed by atoms with van der Waals surface area (Å²) >= 11 is 0. The number of aromatic amines is 1. The summed E-state index contributed by atoms with van der Waals surface area (Å²) in [5.41, 5.74) is 6.67. The van der Waals surface area contributed by atoms with Gasteiger partial charge in [-0.3, -0.25) is 0 Å². The van der Waals surface area contributed by atoms with Crippen molar-refractivity contribution in [3.63, 3.8) is 0 Å². The maximum atomic E-state index is 9.35. The molecule has 0 aliphatic rings. The number of hydrogen-bond donors (Lipinski definition) is 2. The van der Waals surface area contributed by atoms with Crippen molar-refractivity contribution in [1.82, 2.24) is 15.3 Å². The number of allylic oxidation sites excluding steroid dienone is 1. The lowest BCUT2D eigenvalue weighted by atomic mass is 10.0. The highest BCUT2D eigenvalue weighted by Gasteiger charge is 2.19.